The van der Waals surface area contributed by atoms with Gasteiger partial charge in [-0.2, -0.15) is 4.72 Å². The van der Waals surface area contributed by atoms with Gasteiger partial charge in [0.1, 0.15) is 9.78 Å². The Kier molecular flexibility index (Phi) is 7.24. The summed E-state index contributed by atoms with van der Waals surface area (Å²) in [5.41, 5.74) is 1.44. The molecule has 1 saturated heterocycles. The number of carbonyl (C=O) groups is 1. The van der Waals surface area contributed by atoms with E-state index < -0.39 is 27.4 Å². The highest BCUT2D eigenvalue weighted by molar-refractivity contribution is 8.18. The lowest BCUT2D eigenvalue weighted by molar-refractivity contribution is -0.140. The van der Waals surface area contributed by atoms with Gasteiger partial charge in [0.15, 0.2) is 0 Å². The molecule has 0 spiro atoms. The Morgan fingerprint density at radius 2 is 1.86 bits per heavy atom. The Hall–Kier alpha value is -1.88. The molecule has 2 aliphatic heterocycles. The van der Waals surface area contributed by atoms with Crippen molar-refractivity contribution in [1.82, 2.24) is 14.5 Å². The predicted molar refractivity (Wildman–Crippen MR) is 143 cm³/mol. The molecule has 192 valence electrons. The fraction of sp³-hybridized carbons (Fsp3) is 0.423. The van der Waals surface area contributed by atoms with E-state index in [0.29, 0.717) is 11.4 Å². The fourth-order valence-corrected chi connectivity index (χ4v) is 8.29. The van der Waals surface area contributed by atoms with Gasteiger partial charge in [-0.1, -0.05) is 54.1 Å². The molecule has 10 heteroatoms. The SMILES string of the molecule is CN1CCN(Cc2cccc(C3CC3(NS(=O)(=O)C3=CCC(c4ccc(Cl)cc4)S3)C(=O)O)c2)CC1. The highest BCUT2D eigenvalue weighted by Gasteiger charge is 2.63. The molecule has 2 N–H and O–H groups in total. The van der Waals surface area contributed by atoms with Gasteiger partial charge in [0.2, 0.25) is 10.0 Å². The zero-order valence-electron chi connectivity index (χ0n) is 20.1. The molecule has 5 rings (SSSR count). The summed E-state index contributed by atoms with van der Waals surface area (Å²) in [4.78, 5) is 17.0. The summed E-state index contributed by atoms with van der Waals surface area (Å²) in [6.07, 6.45) is 2.47. The third kappa shape index (κ3) is 5.37. The van der Waals surface area contributed by atoms with Crippen molar-refractivity contribution in [3.8, 4) is 0 Å². The second kappa shape index (κ2) is 10.1. The van der Waals surface area contributed by atoms with E-state index in [1.807, 2.05) is 36.4 Å². The molecule has 0 bridgehead atoms. The van der Waals surface area contributed by atoms with Crippen LogP contribution in [0, 0.1) is 0 Å². The van der Waals surface area contributed by atoms with Crippen LogP contribution in [0.2, 0.25) is 5.02 Å². The summed E-state index contributed by atoms with van der Waals surface area (Å²) in [6.45, 7) is 4.84. The van der Waals surface area contributed by atoms with Crippen molar-refractivity contribution in [3.05, 3.63) is 80.6 Å². The maximum Gasteiger partial charge on any atom is 0.325 e. The summed E-state index contributed by atoms with van der Waals surface area (Å²) >= 11 is 7.21. The molecule has 2 aromatic rings. The quantitative estimate of drug-likeness (QED) is 0.515. The Morgan fingerprint density at radius 3 is 2.56 bits per heavy atom. The molecule has 2 heterocycles. The summed E-state index contributed by atoms with van der Waals surface area (Å²) in [6, 6.07) is 15.3. The molecule has 0 radical (unpaired) electrons. The number of sulfonamides is 1. The summed E-state index contributed by atoms with van der Waals surface area (Å²) in [7, 11) is -1.85. The topological polar surface area (TPSA) is 90.0 Å². The summed E-state index contributed by atoms with van der Waals surface area (Å²) in [5, 5.41) is 10.7. The Bertz CT molecular complexity index is 1280. The number of allylic oxidation sites excluding steroid dienone is 1. The van der Waals surface area contributed by atoms with E-state index >= 15 is 0 Å². The first-order valence-corrected chi connectivity index (χ1v) is 14.8. The van der Waals surface area contributed by atoms with Crippen molar-refractivity contribution < 1.29 is 18.3 Å². The van der Waals surface area contributed by atoms with E-state index in [1.165, 1.54) is 11.8 Å². The minimum absolute atomic E-state index is 0.0455. The number of benzene rings is 2. The molecular weight excluding hydrogens is 518 g/mol. The third-order valence-corrected chi connectivity index (χ3v) is 11.0. The van der Waals surface area contributed by atoms with E-state index in [4.69, 9.17) is 11.6 Å². The highest BCUT2D eigenvalue weighted by Crippen LogP contribution is 2.54. The standard InChI is InChI=1S/C26H30ClN3O4S2/c1-29-11-13-30(14-12-29)17-18-3-2-4-20(15-18)22-16-26(22,25(31)32)28-36(33,34)24-10-9-23(35-24)19-5-7-21(27)8-6-19/h2-8,10,15,22-23,28H,9,11-14,16-17H2,1H3,(H,31,32). The number of nitrogens with one attached hydrogen (secondary N) is 1. The maximum atomic E-state index is 13.3. The Labute approximate surface area is 221 Å². The van der Waals surface area contributed by atoms with Crippen LogP contribution < -0.4 is 4.72 Å². The van der Waals surface area contributed by atoms with Gasteiger partial charge in [0.05, 0.1) is 0 Å². The number of likely N-dealkylation sites (N-methyl/N-ethyl adjacent to an activating group) is 1. The van der Waals surface area contributed by atoms with E-state index in [0.717, 1.165) is 49.4 Å². The van der Waals surface area contributed by atoms with E-state index in [2.05, 4.69) is 21.6 Å². The van der Waals surface area contributed by atoms with E-state index in [9.17, 15) is 18.3 Å². The number of nitrogens with zero attached hydrogens (tertiary/aromatic N) is 2. The summed E-state index contributed by atoms with van der Waals surface area (Å²) < 4.78 is 29.3. The number of rotatable bonds is 8. The lowest BCUT2D eigenvalue weighted by atomic mass is 10.0. The number of aliphatic carboxylic acids is 1. The van der Waals surface area contributed by atoms with Crippen LogP contribution in [0.15, 0.2) is 58.8 Å². The molecule has 1 saturated carbocycles. The van der Waals surface area contributed by atoms with Gasteiger partial charge < -0.3 is 10.0 Å². The van der Waals surface area contributed by atoms with Crippen LogP contribution in [0.4, 0.5) is 0 Å². The van der Waals surface area contributed by atoms with Crippen LogP contribution >= 0.6 is 23.4 Å². The fourth-order valence-electron chi connectivity index (χ4n) is 5.01. The van der Waals surface area contributed by atoms with Gasteiger partial charge >= 0.3 is 5.97 Å². The first-order chi connectivity index (χ1) is 17.2. The van der Waals surface area contributed by atoms with Crippen molar-refractivity contribution in [2.75, 3.05) is 33.2 Å². The van der Waals surface area contributed by atoms with Crippen molar-refractivity contribution in [2.24, 2.45) is 0 Å². The molecule has 0 amide bonds. The molecule has 3 aliphatic rings. The molecule has 7 nitrogen and oxygen atoms in total. The van der Waals surface area contributed by atoms with Crippen LogP contribution in [0.3, 0.4) is 0 Å². The normalized spacial score (nSPS) is 27.1. The van der Waals surface area contributed by atoms with Gasteiger partial charge in [-0.25, -0.2) is 8.42 Å². The molecule has 2 fully saturated rings. The molecule has 1 aliphatic carbocycles. The van der Waals surface area contributed by atoms with Crippen LogP contribution in [-0.2, 0) is 21.4 Å². The van der Waals surface area contributed by atoms with Crippen LogP contribution in [0.25, 0.3) is 0 Å². The average molecular weight is 548 g/mol. The molecule has 3 unspecified atom stereocenters. The number of carboxylic acid groups (broad SMARTS) is 1. The average Bonchev–Trinajstić information content (AvgIpc) is 3.34. The number of halogens is 1. The monoisotopic (exact) mass is 547 g/mol. The van der Waals surface area contributed by atoms with Crippen LogP contribution in [0.5, 0.6) is 0 Å². The maximum absolute atomic E-state index is 13.3. The number of carboxylic acids is 1. The van der Waals surface area contributed by atoms with E-state index in [-0.39, 0.29) is 15.9 Å². The molecule has 2 aromatic carbocycles. The molecular formula is C26H30ClN3O4S2. The predicted octanol–water partition coefficient (Wildman–Crippen LogP) is 4.04. The van der Waals surface area contributed by atoms with Crippen LogP contribution in [0.1, 0.15) is 40.7 Å². The molecule has 36 heavy (non-hydrogen) atoms. The van der Waals surface area contributed by atoms with Crippen molar-refractivity contribution in [3.63, 3.8) is 0 Å². The van der Waals surface area contributed by atoms with Crippen LogP contribution in [-0.4, -0.2) is 68.1 Å². The minimum atomic E-state index is -3.97. The lowest BCUT2D eigenvalue weighted by Crippen LogP contribution is -2.44. The lowest BCUT2D eigenvalue weighted by Gasteiger charge is -2.32. The summed E-state index contributed by atoms with van der Waals surface area (Å²) in [5.74, 6) is -1.55. The number of thioether (sulfide) groups is 1. The van der Waals surface area contributed by atoms with Gasteiger partial charge in [0, 0.05) is 48.9 Å². The Morgan fingerprint density at radius 1 is 1.14 bits per heavy atom. The number of piperazine rings is 1. The largest absolute Gasteiger partial charge is 0.480 e. The van der Waals surface area contributed by atoms with Crippen molar-refractivity contribution in [2.45, 2.75) is 36.1 Å². The first-order valence-electron chi connectivity index (χ1n) is 12.1. The third-order valence-electron chi connectivity index (χ3n) is 7.28. The number of hydrogen-bond donors (Lipinski definition) is 2. The Balaban J connectivity index is 1.27. The van der Waals surface area contributed by atoms with Gasteiger partial charge in [-0.3, -0.25) is 9.69 Å². The second-order valence-corrected chi connectivity index (χ2v) is 13.5. The van der Waals surface area contributed by atoms with Gasteiger partial charge in [-0.15, -0.1) is 11.8 Å². The van der Waals surface area contributed by atoms with Crippen molar-refractivity contribution >= 4 is 39.4 Å². The highest BCUT2D eigenvalue weighted by atomic mass is 35.5. The van der Waals surface area contributed by atoms with Crippen molar-refractivity contribution in [1.29, 1.82) is 0 Å². The zero-order valence-corrected chi connectivity index (χ0v) is 22.5. The molecule has 3 atom stereocenters. The smallest absolute Gasteiger partial charge is 0.325 e. The van der Waals surface area contributed by atoms with E-state index in [1.54, 1.807) is 18.2 Å². The zero-order chi connectivity index (χ0) is 25.5. The second-order valence-electron chi connectivity index (χ2n) is 9.88. The molecule has 0 aromatic heterocycles. The number of hydrogen-bond acceptors (Lipinski definition) is 6. The minimum Gasteiger partial charge on any atom is -0.480 e. The first kappa shape index (κ1) is 25.8. The van der Waals surface area contributed by atoms with Gasteiger partial charge in [0.25, 0.3) is 0 Å². The van der Waals surface area contributed by atoms with Gasteiger partial charge in [-0.05, 0) is 48.7 Å².